The average Bonchev–Trinajstić information content (AvgIpc) is 2.14. The number of rotatable bonds is 6. The Bertz CT molecular complexity index is 187. The molecule has 0 rings (SSSR count). The van der Waals surface area contributed by atoms with E-state index in [9.17, 15) is 4.79 Å². The van der Waals surface area contributed by atoms with E-state index in [4.69, 9.17) is 5.11 Å². The van der Waals surface area contributed by atoms with E-state index in [1.807, 2.05) is 0 Å². The SMILES string of the molecule is C=C([CH2][Sn]([CH2]C)([CH2]C)[CH2]C)C(=O)O. The number of carboxylic acids is 1. The Morgan fingerprint density at radius 2 is 1.62 bits per heavy atom. The third-order valence-electron chi connectivity index (χ3n) is 3.14. The third-order valence-corrected chi connectivity index (χ3v) is 19.3. The number of carboxylic acid groups (broad SMARTS) is 1. The molecule has 0 fully saturated rings. The molecule has 0 heterocycles. The van der Waals surface area contributed by atoms with Gasteiger partial charge in [-0.05, 0) is 0 Å². The molecule has 0 unspecified atom stereocenters. The Morgan fingerprint density at radius 1 is 1.23 bits per heavy atom. The third kappa shape index (κ3) is 3.71. The zero-order valence-electron chi connectivity index (χ0n) is 8.89. The first-order valence-electron chi connectivity index (χ1n) is 4.92. The second-order valence-corrected chi connectivity index (χ2v) is 19.3. The van der Waals surface area contributed by atoms with E-state index in [0.29, 0.717) is 5.57 Å². The van der Waals surface area contributed by atoms with Crippen molar-refractivity contribution in [2.75, 3.05) is 0 Å². The molecule has 13 heavy (non-hydrogen) atoms. The molecule has 0 amide bonds. The molecule has 1 N–H and O–H groups in total. The van der Waals surface area contributed by atoms with Crippen LogP contribution < -0.4 is 0 Å². The van der Waals surface area contributed by atoms with Gasteiger partial charge in [0.2, 0.25) is 0 Å². The molecule has 0 radical (unpaired) electrons. The van der Waals surface area contributed by atoms with Crippen molar-refractivity contribution in [1.82, 2.24) is 0 Å². The number of aliphatic carboxylic acids is 1. The topological polar surface area (TPSA) is 37.3 Å². The standard InChI is InChI=1S/C4H5O2.3C2H5.Sn/c1-3(2)4(5)6;3*1-2;/h1-2H2,(H,5,6);3*1H2,2H3;. The van der Waals surface area contributed by atoms with Crippen LogP contribution in [0.3, 0.4) is 0 Å². The average molecular weight is 291 g/mol. The minimum atomic E-state index is -2.08. The fourth-order valence-corrected chi connectivity index (χ4v) is 11.1. The van der Waals surface area contributed by atoms with Crippen molar-refractivity contribution >= 4 is 24.3 Å². The Kier molecular flexibility index (Phi) is 5.68. The van der Waals surface area contributed by atoms with Gasteiger partial charge >= 0.3 is 84.9 Å². The Labute approximate surface area is 84.9 Å². The van der Waals surface area contributed by atoms with E-state index in [1.165, 1.54) is 13.3 Å². The molecule has 2 nitrogen and oxygen atoms in total. The quantitative estimate of drug-likeness (QED) is 0.603. The molecule has 0 aromatic rings. The summed E-state index contributed by atoms with van der Waals surface area (Å²) in [6, 6.07) is 0. The first kappa shape index (κ1) is 13.0. The Balaban J connectivity index is 4.42. The van der Waals surface area contributed by atoms with Crippen LogP contribution in [0.5, 0.6) is 0 Å². The van der Waals surface area contributed by atoms with Crippen LogP contribution >= 0.6 is 0 Å². The maximum absolute atomic E-state index is 10.7. The van der Waals surface area contributed by atoms with Crippen molar-refractivity contribution in [3.63, 3.8) is 0 Å². The van der Waals surface area contributed by atoms with Crippen molar-refractivity contribution in [2.45, 2.75) is 38.5 Å². The van der Waals surface area contributed by atoms with E-state index in [1.54, 1.807) is 0 Å². The molecule has 76 valence electrons. The molecule has 0 aliphatic rings. The fourth-order valence-electron chi connectivity index (χ4n) is 1.65. The zero-order valence-corrected chi connectivity index (χ0v) is 11.7. The van der Waals surface area contributed by atoms with Gasteiger partial charge in [-0.1, -0.05) is 0 Å². The molecule has 0 atom stereocenters. The van der Waals surface area contributed by atoms with Gasteiger partial charge in [-0.3, -0.25) is 0 Å². The van der Waals surface area contributed by atoms with Crippen molar-refractivity contribution in [3.05, 3.63) is 12.2 Å². The van der Waals surface area contributed by atoms with Crippen molar-refractivity contribution in [1.29, 1.82) is 0 Å². The van der Waals surface area contributed by atoms with Crippen LogP contribution in [0, 0.1) is 0 Å². The molecule has 0 aliphatic carbocycles. The summed E-state index contributed by atoms with van der Waals surface area (Å²) < 4.78 is 4.52. The number of hydrogen-bond acceptors (Lipinski definition) is 1. The predicted octanol–water partition coefficient (Wildman–Crippen LogP) is 3.14. The molecule has 0 spiro atoms. The summed E-state index contributed by atoms with van der Waals surface area (Å²) in [7, 11) is 0. The van der Waals surface area contributed by atoms with Crippen molar-refractivity contribution in [2.24, 2.45) is 0 Å². The van der Waals surface area contributed by atoms with Gasteiger partial charge in [0.15, 0.2) is 0 Å². The second-order valence-electron chi connectivity index (χ2n) is 3.65. The van der Waals surface area contributed by atoms with Crippen LogP contribution in [0.2, 0.25) is 17.7 Å². The summed E-state index contributed by atoms with van der Waals surface area (Å²) in [6.07, 6.45) is 0. The van der Waals surface area contributed by atoms with Gasteiger partial charge in [-0.25, -0.2) is 0 Å². The second kappa shape index (κ2) is 5.68. The summed E-state index contributed by atoms with van der Waals surface area (Å²) >= 11 is -2.08. The number of hydrogen-bond donors (Lipinski definition) is 1. The molecule has 0 aliphatic heterocycles. The summed E-state index contributed by atoms with van der Waals surface area (Å²) in [6.45, 7) is 10.3. The van der Waals surface area contributed by atoms with Crippen molar-refractivity contribution < 1.29 is 9.90 Å². The fraction of sp³-hybridized carbons (Fsp3) is 0.700. The van der Waals surface area contributed by atoms with Gasteiger partial charge in [0, 0.05) is 0 Å². The Morgan fingerprint density at radius 3 is 1.85 bits per heavy atom. The first-order valence-corrected chi connectivity index (χ1v) is 13.0. The van der Waals surface area contributed by atoms with Crippen LogP contribution in [-0.4, -0.2) is 29.5 Å². The van der Waals surface area contributed by atoms with E-state index in [-0.39, 0.29) is 0 Å². The van der Waals surface area contributed by atoms with E-state index in [2.05, 4.69) is 27.4 Å². The van der Waals surface area contributed by atoms with Gasteiger partial charge in [0.1, 0.15) is 0 Å². The Hall–Kier alpha value is 0.00870. The van der Waals surface area contributed by atoms with Crippen LogP contribution in [0.25, 0.3) is 0 Å². The summed E-state index contributed by atoms with van der Waals surface area (Å²) in [5.74, 6) is -0.809. The van der Waals surface area contributed by atoms with Gasteiger partial charge < -0.3 is 0 Å². The van der Waals surface area contributed by atoms with Crippen LogP contribution in [0.15, 0.2) is 12.2 Å². The minimum absolute atomic E-state index is 0.432. The van der Waals surface area contributed by atoms with E-state index >= 15 is 0 Å². The molecule has 0 saturated heterocycles. The normalized spacial score (nSPS) is 11.3. The van der Waals surface area contributed by atoms with Crippen LogP contribution in [0.4, 0.5) is 0 Å². The molecule has 3 heteroatoms. The van der Waals surface area contributed by atoms with Crippen LogP contribution in [-0.2, 0) is 4.79 Å². The van der Waals surface area contributed by atoms with Crippen LogP contribution in [0.1, 0.15) is 20.8 Å². The first-order chi connectivity index (χ1) is 6.01. The van der Waals surface area contributed by atoms with Gasteiger partial charge in [0.25, 0.3) is 0 Å². The van der Waals surface area contributed by atoms with E-state index in [0.717, 1.165) is 4.44 Å². The zero-order chi connectivity index (χ0) is 10.5. The van der Waals surface area contributed by atoms with Gasteiger partial charge in [-0.15, -0.1) is 0 Å². The number of carbonyl (C=O) groups is 1. The monoisotopic (exact) mass is 292 g/mol. The molecule has 0 aromatic heterocycles. The summed E-state index contributed by atoms with van der Waals surface area (Å²) in [5, 5.41) is 8.77. The molecule has 0 aromatic carbocycles. The predicted molar refractivity (Wildman–Crippen MR) is 58.8 cm³/mol. The molecular formula is C10H20O2Sn. The molecule has 0 saturated carbocycles. The molecular weight excluding hydrogens is 271 g/mol. The maximum atomic E-state index is 10.7. The van der Waals surface area contributed by atoms with Crippen molar-refractivity contribution in [3.8, 4) is 0 Å². The molecule has 0 bridgehead atoms. The summed E-state index contributed by atoms with van der Waals surface area (Å²) in [5.41, 5.74) is 0.432. The summed E-state index contributed by atoms with van der Waals surface area (Å²) in [4.78, 5) is 10.7. The van der Waals surface area contributed by atoms with Gasteiger partial charge in [0.05, 0.1) is 0 Å². The van der Waals surface area contributed by atoms with E-state index < -0.39 is 24.3 Å². The van der Waals surface area contributed by atoms with Gasteiger partial charge in [-0.2, -0.15) is 0 Å².